The van der Waals surface area contributed by atoms with Crippen LogP contribution in [0.15, 0.2) is 16.6 Å². The predicted octanol–water partition coefficient (Wildman–Crippen LogP) is 2.08. The lowest BCUT2D eigenvalue weighted by Crippen LogP contribution is -2.36. The van der Waals surface area contributed by atoms with E-state index in [0.717, 1.165) is 28.2 Å². The molecular formula is C12H17N5S2. The molecule has 2 aromatic heterocycles. The van der Waals surface area contributed by atoms with Gasteiger partial charge in [0, 0.05) is 29.2 Å². The van der Waals surface area contributed by atoms with Gasteiger partial charge in [0.05, 0.1) is 18.1 Å². The molecule has 0 aliphatic heterocycles. The van der Waals surface area contributed by atoms with E-state index in [-0.39, 0.29) is 0 Å². The van der Waals surface area contributed by atoms with Crippen molar-refractivity contribution in [2.75, 3.05) is 7.05 Å². The third-order valence-corrected chi connectivity index (χ3v) is 4.28. The molecule has 2 aromatic rings. The molecule has 0 aromatic carbocycles. The van der Waals surface area contributed by atoms with Gasteiger partial charge in [-0.15, -0.1) is 22.7 Å². The number of aromatic nitrogens is 2. The van der Waals surface area contributed by atoms with E-state index in [1.165, 1.54) is 4.88 Å². The van der Waals surface area contributed by atoms with E-state index in [2.05, 4.69) is 25.6 Å². The molecule has 5 nitrogen and oxygen atoms in total. The molecule has 0 radical (unpaired) electrons. The Kier molecular flexibility index (Phi) is 4.86. The molecule has 0 saturated carbocycles. The van der Waals surface area contributed by atoms with Crippen molar-refractivity contribution in [2.24, 2.45) is 4.99 Å². The minimum atomic E-state index is 0.694. The lowest BCUT2D eigenvalue weighted by atomic mass is 10.5. The van der Waals surface area contributed by atoms with Gasteiger partial charge in [0.25, 0.3) is 0 Å². The Hall–Kier alpha value is -1.47. The minimum Gasteiger partial charge on any atom is -0.351 e. The standard InChI is InChI=1S/C12H17N5S2/c1-8-7-18-11(17-8)6-16-12(13-3)15-5-10-4-14-9(2)19-10/h4,7H,5-6H2,1-3H3,(H2,13,15,16). The quantitative estimate of drug-likeness (QED) is 0.670. The highest BCUT2D eigenvalue weighted by molar-refractivity contribution is 7.11. The fraction of sp³-hybridized carbons (Fsp3) is 0.417. The second kappa shape index (κ2) is 6.63. The van der Waals surface area contributed by atoms with Crippen molar-refractivity contribution in [2.45, 2.75) is 26.9 Å². The first-order valence-electron chi connectivity index (χ1n) is 5.94. The number of hydrogen-bond donors (Lipinski definition) is 2. The van der Waals surface area contributed by atoms with Gasteiger partial charge in [-0.2, -0.15) is 0 Å². The van der Waals surface area contributed by atoms with Crippen LogP contribution in [0.2, 0.25) is 0 Å². The molecule has 2 rings (SSSR count). The Labute approximate surface area is 120 Å². The summed E-state index contributed by atoms with van der Waals surface area (Å²) >= 11 is 3.35. The number of nitrogens with one attached hydrogen (secondary N) is 2. The summed E-state index contributed by atoms with van der Waals surface area (Å²) in [6, 6.07) is 0. The summed E-state index contributed by atoms with van der Waals surface area (Å²) in [6.07, 6.45) is 1.89. The van der Waals surface area contributed by atoms with E-state index in [1.807, 2.05) is 25.4 Å². The van der Waals surface area contributed by atoms with Crippen LogP contribution in [0.3, 0.4) is 0 Å². The van der Waals surface area contributed by atoms with Crippen molar-refractivity contribution in [1.29, 1.82) is 0 Å². The molecule has 0 amide bonds. The second-order valence-electron chi connectivity index (χ2n) is 4.01. The van der Waals surface area contributed by atoms with Crippen molar-refractivity contribution < 1.29 is 0 Å². The van der Waals surface area contributed by atoms with Crippen molar-refractivity contribution in [3.8, 4) is 0 Å². The lowest BCUT2D eigenvalue weighted by Gasteiger charge is -2.09. The number of aryl methyl sites for hydroxylation is 2. The summed E-state index contributed by atoms with van der Waals surface area (Å²) in [4.78, 5) is 14.0. The van der Waals surface area contributed by atoms with Crippen molar-refractivity contribution in [1.82, 2.24) is 20.6 Å². The van der Waals surface area contributed by atoms with Crippen LogP contribution in [0.4, 0.5) is 0 Å². The Balaban J connectivity index is 1.80. The Bertz CT molecular complexity index is 512. The normalized spacial score (nSPS) is 11.6. The summed E-state index contributed by atoms with van der Waals surface area (Å²) < 4.78 is 0. The number of aliphatic imine (C=N–C) groups is 1. The Morgan fingerprint density at radius 1 is 1.32 bits per heavy atom. The van der Waals surface area contributed by atoms with Gasteiger partial charge in [0.2, 0.25) is 0 Å². The Morgan fingerprint density at radius 2 is 2.11 bits per heavy atom. The largest absolute Gasteiger partial charge is 0.351 e. The van der Waals surface area contributed by atoms with E-state index >= 15 is 0 Å². The molecule has 0 fully saturated rings. The molecule has 19 heavy (non-hydrogen) atoms. The van der Waals surface area contributed by atoms with E-state index in [0.29, 0.717) is 6.54 Å². The molecular weight excluding hydrogens is 278 g/mol. The van der Waals surface area contributed by atoms with Crippen LogP contribution in [-0.4, -0.2) is 23.0 Å². The molecule has 0 spiro atoms. The third-order valence-electron chi connectivity index (χ3n) is 2.40. The molecule has 2 heterocycles. The number of thiazole rings is 2. The third kappa shape index (κ3) is 4.29. The summed E-state index contributed by atoms with van der Waals surface area (Å²) in [5, 5.41) is 10.7. The van der Waals surface area contributed by atoms with Crippen LogP contribution in [0.5, 0.6) is 0 Å². The smallest absolute Gasteiger partial charge is 0.191 e. The molecule has 0 saturated heterocycles. The molecule has 0 aliphatic carbocycles. The molecule has 102 valence electrons. The molecule has 2 N–H and O–H groups in total. The molecule has 0 bridgehead atoms. The first-order valence-corrected chi connectivity index (χ1v) is 7.64. The van der Waals surface area contributed by atoms with Gasteiger partial charge in [-0.1, -0.05) is 0 Å². The highest BCUT2D eigenvalue weighted by atomic mass is 32.1. The van der Waals surface area contributed by atoms with Crippen LogP contribution < -0.4 is 10.6 Å². The fourth-order valence-corrected chi connectivity index (χ4v) is 2.97. The Morgan fingerprint density at radius 3 is 2.68 bits per heavy atom. The maximum absolute atomic E-state index is 4.40. The summed E-state index contributed by atoms with van der Waals surface area (Å²) in [6.45, 7) is 5.44. The zero-order valence-electron chi connectivity index (χ0n) is 11.2. The van der Waals surface area contributed by atoms with Gasteiger partial charge in [-0.05, 0) is 13.8 Å². The van der Waals surface area contributed by atoms with Gasteiger partial charge in [0.1, 0.15) is 5.01 Å². The van der Waals surface area contributed by atoms with Crippen LogP contribution in [0.1, 0.15) is 20.6 Å². The zero-order chi connectivity index (χ0) is 13.7. The van der Waals surface area contributed by atoms with Gasteiger partial charge in [0.15, 0.2) is 5.96 Å². The van der Waals surface area contributed by atoms with Crippen LogP contribution in [0, 0.1) is 13.8 Å². The van der Waals surface area contributed by atoms with Crippen LogP contribution in [0.25, 0.3) is 0 Å². The number of nitrogens with zero attached hydrogens (tertiary/aromatic N) is 3. The van der Waals surface area contributed by atoms with Crippen molar-refractivity contribution in [3.05, 3.63) is 32.2 Å². The molecule has 7 heteroatoms. The maximum Gasteiger partial charge on any atom is 0.191 e. The SMILES string of the molecule is CN=C(NCc1cnc(C)s1)NCc1nc(C)cs1. The first-order chi connectivity index (χ1) is 9.17. The number of hydrogen-bond acceptors (Lipinski definition) is 5. The van der Waals surface area contributed by atoms with Gasteiger partial charge < -0.3 is 10.6 Å². The van der Waals surface area contributed by atoms with Crippen molar-refractivity contribution >= 4 is 28.6 Å². The first kappa shape index (κ1) is 14.0. The van der Waals surface area contributed by atoms with E-state index in [1.54, 1.807) is 29.7 Å². The second-order valence-corrected chi connectivity index (χ2v) is 6.27. The molecule has 0 atom stereocenters. The van der Waals surface area contributed by atoms with Crippen molar-refractivity contribution in [3.63, 3.8) is 0 Å². The summed E-state index contributed by atoms with van der Waals surface area (Å²) in [7, 11) is 1.76. The number of rotatable bonds is 4. The zero-order valence-corrected chi connectivity index (χ0v) is 12.9. The average molecular weight is 295 g/mol. The highest BCUT2D eigenvalue weighted by Gasteiger charge is 2.03. The average Bonchev–Trinajstić information content (AvgIpc) is 2.99. The molecule has 0 unspecified atom stereocenters. The van der Waals surface area contributed by atoms with E-state index in [9.17, 15) is 0 Å². The fourth-order valence-electron chi connectivity index (χ4n) is 1.52. The highest BCUT2D eigenvalue weighted by Crippen LogP contribution is 2.10. The van der Waals surface area contributed by atoms with Gasteiger partial charge in [-0.3, -0.25) is 4.99 Å². The van der Waals surface area contributed by atoms with E-state index in [4.69, 9.17) is 0 Å². The monoisotopic (exact) mass is 295 g/mol. The summed E-state index contributed by atoms with van der Waals surface area (Å²) in [5.74, 6) is 0.777. The predicted molar refractivity (Wildman–Crippen MR) is 80.7 cm³/mol. The number of guanidine groups is 1. The van der Waals surface area contributed by atoms with Gasteiger partial charge >= 0.3 is 0 Å². The topological polar surface area (TPSA) is 62.2 Å². The van der Waals surface area contributed by atoms with Crippen LogP contribution in [-0.2, 0) is 13.1 Å². The summed E-state index contributed by atoms with van der Waals surface area (Å²) in [5.41, 5.74) is 1.06. The van der Waals surface area contributed by atoms with Crippen LogP contribution >= 0.6 is 22.7 Å². The van der Waals surface area contributed by atoms with Gasteiger partial charge in [-0.25, -0.2) is 9.97 Å². The lowest BCUT2D eigenvalue weighted by molar-refractivity contribution is 0.808. The van der Waals surface area contributed by atoms with E-state index < -0.39 is 0 Å². The molecule has 0 aliphatic rings. The maximum atomic E-state index is 4.40. The minimum absolute atomic E-state index is 0.694.